The van der Waals surface area contributed by atoms with Crippen LogP contribution in [-0.2, 0) is 0 Å². The van der Waals surface area contributed by atoms with E-state index in [0.29, 0.717) is 22.2 Å². The van der Waals surface area contributed by atoms with E-state index in [1.54, 1.807) is 30.5 Å². The minimum atomic E-state index is -0.0184. The molecule has 0 saturated heterocycles. The average Bonchev–Trinajstić information content (AvgIpc) is 2.33. The molecule has 1 aromatic carbocycles. The highest BCUT2D eigenvalue weighted by atomic mass is 35.5. The van der Waals surface area contributed by atoms with Crippen LogP contribution in [0.5, 0.6) is 11.6 Å². The second-order valence-corrected chi connectivity index (χ2v) is 4.39. The van der Waals surface area contributed by atoms with Crippen molar-refractivity contribution in [1.82, 2.24) is 4.98 Å². The second kappa shape index (κ2) is 5.19. The maximum absolute atomic E-state index is 11.3. The summed E-state index contributed by atoms with van der Waals surface area (Å²) in [4.78, 5) is 15.3. The van der Waals surface area contributed by atoms with Crippen molar-refractivity contribution < 1.29 is 9.53 Å². The molecule has 1 heterocycles. The van der Waals surface area contributed by atoms with E-state index in [1.807, 2.05) is 13.0 Å². The molecule has 2 aromatic rings. The fraction of sp³-hybridized carbons (Fsp3) is 0.143. The van der Waals surface area contributed by atoms with Gasteiger partial charge in [-0.25, -0.2) is 4.98 Å². The Bertz CT molecular complexity index is 596. The molecule has 0 atom stereocenters. The van der Waals surface area contributed by atoms with E-state index in [4.69, 9.17) is 16.3 Å². The first-order chi connectivity index (χ1) is 8.56. The van der Waals surface area contributed by atoms with Crippen LogP contribution in [0, 0.1) is 6.92 Å². The standard InChI is InChI=1S/C14H12ClNO2/c1-9-7-12(15)3-4-13(9)18-14-8-11(10(2)17)5-6-16-14/h3-8H,1-2H3. The van der Waals surface area contributed by atoms with E-state index in [-0.39, 0.29) is 5.78 Å². The average molecular weight is 262 g/mol. The molecule has 0 aliphatic heterocycles. The zero-order chi connectivity index (χ0) is 13.1. The number of ether oxygens (including phenoxy) is 1. The Morgan fingerprint density at radius 1 is 1.28 bits per heavy atom. The van der Waals surface area contributed by atoms with Gasteiger partial charge < -0.3 is 4.74 Å². The normalized spacial score (nSPS) is 10.2. The zero-order valence-electron chi connectivity index (χ0n) is 10.1. The summed E-state index contributed by atoms with van der Waals surface area (Å²) in [6.45, 7) is 3.41. The van der Waals surface area contributed by atoms with Gasteiger partial charge in [-0.1, -0.05) is 11.6 Å². The minimum Gasteiger partial charge on any atom is -0.439 e. The largest absolute Gasteiger partial charge is 0.439 e. The number of halogens is 1. The summed E-state index contributed by atoms with van der Waals surface area (Å²) in [5.41, 5.74) is 1.49. The monoisotopic (exact) mass is 261 g/mol. The number of ketones is 1. The maximum atomic E-state index is 11.3. The lowest BCUT2D eigenvalue weighted by Gasteiger charge is -2.08. The van der Waals surface area contributed by atoms with Crippen molar-refractivity contribution >= 4 is 17.4 Å². The van der Waals surface area contributed by atoms with Crippen molar-refractivity contribution in [3.05, 3.63) is 52.7 Å². The molecule has 92 valence electrons. The third-order valence-electron chi connectivity index (χ3n) is 2.49. The molecule has 2 rings (SSSR count). The molecule has 1 aromatic heterocycles. The summed E-state index contributed by atoms with van der Waals surface area (Å²) in [7, 11) is 0. The topological polar surface area (TPSA) is 39.2 Å². The van der Waals surface area contributed by atoms with E-state index in [0.717, 1.165) is 5.56 Å². The minimum absolute atomic E-state index is 0.0184. The van der Waals surface area contributed by atoms with Crippen LogP contribution in [0.2, 0.25) is 5.02 Å². The number of hydrogen-bond donors (Lipinski definition) is 0. The van der Waals surface area contributed by atoms with Gasteiger partial charge in [0.2, 0.25) is 5.88 Å². The SMILES string of the molecule is CC(=O)c1ccnc(Oc2ccc(Cl)cc2C)c1. The van der Waals surface area contributed by atoms with Crippen molar-refractivity contribution in [3.8, 4) is 11.6 Å². The summed E-state index contributed by atoms with van der Waals surface area (Å²) in [5, 5.41) is 0.658. The zero-order valence-corrected chi connectivity index (χ0v) is 10.9. The fourth-order valence-electron chi connectivity index (χ4n) is 1.52. The first kappa shape index (κ1) is 12.6. The lowest BCUT2D eigenvalue weighted by Crippen LogP contribution is -1.95. The number of hydrogen-bond acceptors (Lipinski definition) is 3. The van der Waals surface area contributed by atoms with E-state index in [1.165, 1.54) is 6.92 Å². The van der Waals surface area contributed by atoms with E-state index in [2.05, 4.69) is 4.98 Å². The molecule has 0 bridgehead atoms. The Balaban J connectivity index is 2.28. The number of pyridine rings is 1. The summed E-state index contributed by atoms with van der Waals surface area (Å²) in [6, 6.07) is 8.62. The highest BCUT2D eigenvalue weighted by Gasteiger charge is 2.06. The summed E-state index contributed by atoms with van der Waals surface area (Å²) in [5.74, 6) is 1.05. The Morgan fingerprint density at radius 3 is 2.72 bits per heavy atom. The van der Waals surface area contributed by atoms with Crippen molar-refractivity contribution in [2.45, 2.75) is 13.8 Å². The van der Waals surface area contributed by atoms with Crippen molar-refractivity contribution in [1.29, 1.82) is 0 Å². The van der Waals surface area contributed by atoms with Crippen LogP contribution in [0.1, 0.15) is 22.8 Å². The molecule has 0 aliphatic carbocycles. The molecule has 0 spiro atoms. The predicted molar refractivity (Wildman–Crippen MR) is 70.5 cm³/mol. The van der Waals surface area contributed by atoms with Gasteiger partial charge in [-0.2, -0.15) is 0 Å². The summed E-state index contributed by atoms with van der Waals surface area (Å²) >= 11 is 5.87. The van der Waals surface area contributed by atoms with E-state index >= 15 is 0 Å². The van der Waals surface area contributed by atoms with Gasteiger partial charge in [0.15, 0.2) is 5.78 Å². The molecule has 3 nitrogen and oxygen atoms in total. The molecular weight excluding hydrogens is 250 g/mol. The molecule has 0 unspecified atom stereocenters. The smallest absolute Gasteiger partial charge is 0.219 e. The van der Waals surface area contributed by atoms with Crippen LogP contribution >= 0.6 is 11.6 Å². The number of nitrogens with zero attached hydrogens (tertiary/aromatic N) is 1. The highest BCUT2D eigenvalue weighted by Crippen LogP contribution is 2.26. The molecular formula is C14H12ClNO2. The molecule has 18 heavy (non-hydrogen) atoms. The first-order valence-electron chi connectivity index (χ1n) is 5.47. The molecule has 0 fully saturated rings. The number of Topliss-reactive ketones (excluding diaryl/α,β-unsaturated/α-hetero) is 1. The first-order valence-corrected chi connectivity index (χ1v) is 5.85. The quantitative estimate of drug-likeness (QED) is 0.783. The van der Waals surface area contributed by atoms with Crippen LogP contribution in [0.25, 0.3) is 0 Å². The fourth-order valence-corrected chi connectivity index (χ4v) is 1.75. The number of carbonyl (C=O) groups excluding carboxylic acids is 1. The number of carbonyl (C=O) groups is 1. The Hall–Kier alpha value is -1.87. The second-order valence-electron chi connectivity index (χ2n) is 3.95. The van der Waals surface area contributed by atoms with Gasteiger partial charge in [0.25, 0.3) is 0 Å². The third kappa shape index (κ3) is 2.87. The Morgan fingerprint density at radius 2 is 2.06 bits per heavy atom. The highest BCUT2D eigenvalue weighted by molar-refractivity contribution is 6.30. The third-order valence-corrected chi connectivity index (χ3v) is 2.73. The predicted octanol–water partition coefficient (Wildman–Crippen LogP) is 4.04. The van der Waals surface area contributed by atoms with Crippen molar-refractivity contribution in [2.75, 3.05) is 0 Å². The number of aryl methyl sites for hydroxylation is 1. The summed E-state index contributed by atoms with van der Waals surface area (Å²) < 4.78 is 5.63. The van der Waals surface area contributed by atoms with Gasteiger partial charge in [-0.15, -0.1) is 0 Å². The van der Waals surface area contributed by atoms with Crippen LogP contribution in [0.4, 0.5) is 0 Å². The van der Waals surface area contributed by atoms with Crippen molar-refractivity contribution in [3.63, 3.8) is 0 Å². The van der Waals surface area contributed by atoms with Gasteiger partial charge in [0.1, 0.15) is 5.75 Å². The van der Waals surface area contributed by atoms with Gasteiger partial charge >= 0.3 is 0 Å². The van der Waals surface area contributed by atoms with Crippen LogP contribution in [-0.4, -0.2) is 10.8 Å². The molecule has 0 N–H and O–H groups in total. The van der Waals surface area contributed by atoms with E-state index < -0.39 is 0 Å². The number of rotatable bonds is 3. The van der Waals surface area contributed by atoms with Gasteiger partial charge in [-0.3, -0.25) is 4.79 Å². The lowest BCUT2D eigenvalue weighted by atomic mass is 10.2. The van der Waals surface area contributed by atoms with Crippen LogP contribution in [0.3, 0.4) is 0 Å². The van der Waals surface area contributed by atoms with Crippen LogP contribution in [0.15, 0.2) is 36.5 Å². The molecule has 0 saturated carbocycles. The molecule has 0 radical (unpaired) electrons. The van der Waals surface area contributed by atoms with Crippen molar-refractivity contribution in [2.24, 2.45) is 0 Å². The van der Waals surface area contributed by atoms with Gasteiger partial charge in [0.05, 0.1) is 0 Å². The molecule has 0 amide bonds. The number of aromatic nitrogens is 1. The van der Waals surface area contributed by atoms with Gasteiger partial charge in [-0.05, 0) is 43.7 Å². The van der Waals surface area contributed by atoms with Crippen LogP contribution < -0.4 is 4.74 Å². The Kier molecular flexibility index (Phi) is 3.63. The lowest BCUT2D eigenvalue weighted by molar-refractivity contribution is 0.101. The maximum Gasteiger partial charge on any atom is 0.219 e. The van der Waals surface area contributed by atoms with E-state index in [9.17, 15) is 4.79 Å². The van der Waals surface area contributed by atoms with Gasteiger partial charge in [0, 0.05) is 22.8 Å². The molecule has 0 aliphatic rings. The molecule has 4 heteroatoms. The number of benzene rings is 1. The Labute approximate surface area is 110 Å². The summed E-state index contributed by atoms with van der Waals surface area (Å²) in [6.07, 6.45) is 1.55.